The fourth-order valence-electron chi connectivity index (χ4n) is 3.82. The van der Waals surface area contributed by atoms with Crippen molar-refractivity contribution in [3.8, 4) is 5.75 Å². The van der Waals surface area contributed by atoms with Crippen molar-refractivity contribution in [1.29, 1.82) is 0 Å². The molecule has 32 heavy (non-hydrogen) atoms. The molecule has 0 saturated carbocycles. The molecule has 172 valence electrons. The minimum absolute atomic E-state index is 0.127. The molecule has 1 heterocycles. The number of hydrogen-bond donors (Lipinski definition) is 2. The van der Waals surface area contributed by atoms with Gasteiger partial charge in [-0.15, -0.1) is 0 Å². The number of amides is 2. The van der Waals surface area contributed by atoms with Gasteiger partial charge in [-0.3, -0.25) is 9.59 Å². The number of nitrogens with zero attached hydrogens (tertiary/aromatic N) is 1. The molecule has 1 fully saturated rings. The normalized spacial score (nSPS) is 19.2. The number of benzene rings is 2. The van der Waals surface area contributed by atoms with Gasteiger partial charge < -0.3 is 15.4 Å². The highest BCUT2D eigenvalue weighted by molar-refractivity contribution is 7.89. The van der Waals surface area contributed by atoms with Gasteiger partial charge in [0.2, 0.25) is 10.0 Å². The van der Waals surface area contributed by atoms with E-state index < -0.39 is 10.0 Å². The average Bonchev–Trinajstić information content (AvgIpc) is 2.77. The molecule has 2 N–H and O–H groups in total. The van der Waals surface area contributed by atoms with Gasteiger partial charge in [-0.1, -0.05) is 19.9 Å². The molecule has 2 aromatic rings. The molecule has 1 aliphatic rings. The van der Waals surface area contributed by atoms with Crippen LogP contribution in [0.3, 0.4) is 0 Å². The van der Waals surface area contributed by atoms with Crippen LogP contribution >= 0.6 is 0 Å². The molecule has 2 aromatic carbocycles. The van der Waals surface area contributed by atoms with Crippen molar-refractivity contribution in [2.75, 3.05) is 32.1 Å². The number of hydrogen-bond acceptors (Lipinski definition) is 5. The third kappa shape index (κ3) is 5.86. The molecule has 0 radical (unpaired) electrons. The van der Waals surface area contributed by atoms with Gasteiger partial charge in [-0.2, -0.15) is 4.31 Å². The Bertz CT molecular complexity index is 1060. The first kappa shape index (κ1) is 23.7. The van der Waals surface area contributed by atoms with Crippen LogP contribution in [-0.2, 0) is 14.8 Å². The van der Waals surface area contributed by atoms with E-state index >= 15 is 0 Å². The quantitative estimate of drug-likeness (QED) is 0.662. The summed E-state index contributed by atoms with van der Waals surface area (Å²) in [5.74, 6) is 0.433. The molecular formula is C23H29N3O5S. The highest BCUT2D eigenvalue weighted by Crippen LogP contribution is 2.27. The zero-order chi connectivity index (χ0) is 23.3. The lowest BCUT2D eigenvalue weighted by Gasteiger charge is -2.34. The predicted molar refractivity (Wildman–Crippen MR) is 122 cm³/mol. The molecule has 0 spiro atoms. The number of carbonyl (C=O) groups excluding carboxylic acids is 2. The number of sulfonamides is 1. The van der Waals surface area contributed by atoms with Gasteiger partial charge in [-0.05, 0) is 54.7 Å². The first-order valence-corrected chi connectivity index (χ1v) is 12.0. The lowest BCUT2D eigenvalue weighted by atomic mass is 9.94. The van der Waals surface area contributed by atoms with E-state index in [9.17, 15) is 18.0 Å². The molecule has 9 heteroatoms. The third-order valence-electron chi connectivity index (χ3n) is 5.33. The van der Waals surface area contributed by atoms with Gasteiger partial charge in [0.05, 0.1) is 4.90 Å². The van der Waals surface area contributed by atoms with Crippen molar-refractivity contribution in [3.63, 3.8) is 0 Å². The number of rotatable bonds is 7. The number of nitrogens with one attached hydrogen (secondary N) is 2. The van der Waals surface area contributed by atoms with Crippen molar-refractivity contribution >= 4 is 27.5 Å². The van der Waals surface area contributed by atoms with Crippen LogP contribution in [0.15, 0.2) is 53.4 Å². The summed E-state index contributed by atoms with van der Waals surface area (Å²) in [4.78, 5) is 24.1. The Balaban J connectivity index is 1.67. The molecule has 2 unspecified atom stereocenters. The average molecular weight is 460 g/mol. The molecule has 8 nitrogen and oxygen atoms in total. The van der Waals surface area contributed by atoms with Crippen molar-refractivity contribution in [2.45, 2.75) is 25.2 Å². The zero-order valence-electron chi connectivity index (χ0n) is 18.5. The molecular weight excluding hydrogens is 430 g/mol. The minimum Gasteiger partial charge on any atom is -0.484 e. The molecule has 0 bridgehead atoms. The maximum atomic E-state index is 13.0. The lowest BCUT2D eigenvalue weighted by Crippen LogP contribution is -2.42. The van der Waals surface area contributed by atoms with Gasteiger partial charge in [0, 0.05) is 37.5 Å². The predicted octanol–water partition coefficient (Wildman–Crippen LogP) is 2.73. The van der Waals surface area contributed by atoms with Crippen molar-refractivity contribution < 1.29 is 22.7 Å². The monoisotopic (exact) mass is 459 g/mol. The third-order valence-corrected chi connectivity index (χ3v) is 7.18. The van der Waals surface area contributed by atoms with Crippen molar-refractivity contribution in [1.82, 2.24) is 9.62 Å². The van der Waals surface area contributed by atoms with Gasteiger partial charge in [-0.25, -0.2) is 8.42 Å². The number of anilines is 1. The highest BCUT2D eigenvalue weighted by Gasteiger charge is 2.31. The summed E-state index contributed by atoms with van der Waals surface area (Å²) in [6.45, 7) is 5.01. The Morgan fingerprint density at radius 1 is 1.06 bits per heavy atom. The standard InChI is InChI=1S/C23H29N3O5S/c1-16-11-17(2)14-26(13-16)32(29,30)21-9-7-18(8-10-21)23(28)25-19-5-4-6-20(12-19)31-15-22(27)24-3/h4-10,12,16-17H,11,13-15H2,1-3H3,(H,24,27)(H,25,28). The smallest absolute Gasteiger partial charge is 0.257 e. The minimum atomic E-state index is -3.60. The number of ether oxygens (including phenoxy) is 1. The number of piperidine rings is 1. The van der Waals surface area contributed by atoms with Crippen molar-refractivity contribution in [2.24, 2.45) is 11.8 Å². The van der Waals surface area contributed by atoms with Gasteiger partial charge in [0.15, 0.2) is 6.61 Å². The van der Waals surface area contributed by atoms with E-state index in [1.54, 1.807) is 24.3 Å². The van der Waals surface area contributed by atoms with Crippen molar-refractivity contribution in [3.05, 3.63) is 54.1 Å². The Labute approximate surface area is 189 Å². The van der Waals surface area contributed by atoms with Gasteiger partial charge >= 0.3 is 0 Å². The molecule has 0 aromatic heterocycles. The van der Waals surface area contributed by atoms with E-state index in [-0.39, 0.29) is 23.3 Å². The topological polar surface area (TPSA) is 105 Å². The second kappa shape index (κ2) is 10.1. The second-order valence-corrected chi connectivity index (χ2v) is 10.2. The molecule has 0 aliphatic carbocycles. The summed E-state index contributed by atoms with van der Waals surface area (Å²) in [6.07, 6.45) is 1.02. The van der Waals surface area contributed by atoms with Gasteiger partial charge in [0.25, 0.3) is 11.8 Å². The highest BCUT2D eigenvalue weighted by atomic mass is 32.2. The SMILES string of the molecule is CNC(=O)COc1cccc(NC(=O)c2ccc(S(=O)(=O)N3CC(C)CC(C)C3)cc2)c1. The van der Waals surface area contributed by atoms with Crippen LogP contribution in [-0.4, -0.2) is 51.3 Å². The fourth-order valence-corrected chi connectivity index (χ4v) is 5.50. The summed E-state index contributed by atoms with van der Waals surface area (Å²) in [5, 5.41) is 5.22. The van der Waals surface area contributed by atoms with Crippen LogP contribution in [0.2, 0.25) is 0 Å². The Kier molecular flexibility index (Phi) is 7.52. The van der Waals surface area contributed by atoms with Crippen LogP contribution in [0.5, 0.6) is 5.75 Å². The fraction of sp³-hybridized carbons (Fsp3) is 0.391. The summed E-state index contributed by atoms with van der Waals surface area (Å²) in [6, 6.07) is 12.6. The zero-order valence-corrected chi connectivity index (χ0v) is 19.3. The van der Waals surface area contributed by atoms with Gasteiger partial charge in [0.1, 0.15) is 5.75 Å². The molecule has 2 amide bonds. The maximum absolute atomic E-state index is 13.0. The summed E-state index contributed by atoms with van der Waals surface area (Å²) < 4.78 is 32.9. The van der Waals surface area contributed by atoms with E-state index in [1.165, 1.54) is 35.6 Å². The van der Waals surface area contributed by atoms with E-state index in [0.29, 0.717) is 41.9 Å². The Hall–Kier alpha value is -2.91. The largest absolute Gasteiger partial charge is 0.484 e. The summed E-state index contributed by atoms with van der Waals surface area (Å²) in [7, 11) is -2.08. The van der Waals surface area contributed by atoms with Crippen LogP contribution in [0.25, 0.3) is 0 Å². The summed E-state index contributed by atoms with van der Waals surface area (Å²) in [5.41, 5.74) is 0.832. The molecule has 2 atom stereocenters. The molecule has 1 aliphatic heterocycles. The first-order valence-electron chi connectivity index (χ1n) is 10.5. The first-order chi connectivity index (χ1) is 15.2. The van der Waals surface area contributed by atoms with Crippen LogP contribution in [0.4, 0.5) is 5.69 Å². The van der Waals surface area contributed by atoms with E-state index in [1.807, 2.05) is 0 Å². The Morgan fingerprint density at radius 2 is 1.72 bits per heavy atom. The second-order valence-electron chi connectivity index (χ2n) is 8.24. The molecule has 1 saturated heterocycles. The number of carbonyl (C=O) groups is 2. The number of likely N-dealkylation sites (N-methyl/N-ethyl adjacent to an activating group) is 1. The Morgan fingerprint density at radius 3 is 2.34 bits per heavy atom. The van der Waals surface area contributed by atoms with E-state index in [4.69, 9.17) is 4.74 Å². The van der Waals surface area contributed by atoms with Crippen LogP contribution in [0.1, 0.15) is 30.6 Å². The van der Waals surface area contributed by atoms with Crippen LogP contribution in [0, 0.1) is 11.8 Å². The summed E-state index contributed by atoms with van der Waals surface area (Å²) >= 11 is 0. The molecule has 3 rings (SSSR count). The van der Waals surface area contributed by atoms with Crippen LogP contribution < -0.4 is 15.4 Å². The maximum Gasteiger partial charge on any atom is 0.257 e. The van der Waals surface area contributed by atoms with E-state index in [0.717, 1.165) is 6.42 Å². The van der Waals surface area contributed by atoms with E-state index in [2.05, 4.69) is 24.5 Å². The lowest BCUT2D eigenvalue weighted by molar-refractivity contribution is -0.122.